The molecule has 29 heavy (non-hydrogen) atoms. The monoisotopic (exact) mass is 385 g/mol. The largest absolute Gasteiger partial charge is 0.497 e. The Morgan fingerprint density at radius 2 is 2.07 bits per heavy atom. The van der Waals surface area contributed by atoms with Gasteiger partial charge < -0.3 is 4.74 Å². The van der Waals surface area contributed by atoms with Crippen molar-refractivity contribution in [2.75, 3.05) is 13.7 Å². The van der Waals surface area contributed by atoms with E-state index in [9.17, 15) is 0 Å². The Hall–Kier alpha value is -3.25. The van der Waals surface area contributed by atoms with Crippen molar-refractivity contribution in [3.05, 3.63) is 78.4 Å². The van der Waals surface area contributed by atoms with Crippen molar-refractivity contribution >= 4 is 5.52 Å². The van der Waals surface area contributed by atoms with Crippen LogP contribution < -0.4 is 4.74 Å². The number of benzene rings is 1. The van der Waals surface area contributed by atoms with Gasteiger partial charge in [0.05, 0.1) is 18.7 Å². The van der Waals surface area contributed by atoms with E-state index in [2.05, 4.69) is 44.5 Å². The van der Waals surface area contributed by atoms with Crippen LogP contribution in [0, 0.1) is 0 Å². The van der Waals surface area contributed by atoms with Crippen LogP contribution in [0.4, 0.5) is 0 Å². The number of pyridine rings is 2. The zero-order valence-corrected chi connectivity index (χ0v) is 16.4. The lowest BCUT2D eigenvalue weighted by Gasteiger charge is -2.22. The van der Waals surface area contributed by atoms with Gasteiger partial charge in [0.25, 0.3) is 0 Å². The molecule has 0 spiro atoms. The maximum atomic E-state index is 5.35. The van der Waals surface area contributed by atoms with Crippen LogP contribution in [0.2, 0.25) is 0 Å². The molecule has 0 radical (unpaired) electrons. The van der Waals surface area contributed by atoms with E-state index in [0.717, 1.165) is 47.6 Å². The van der Waals surface area contributed by atoms with Gasteiger partial charge in [0.15, 0.2) is 0 Å². The number of rotatable bonds is 5. The van der Waals surface area contributed by atoms with Crippen molar-refractivity contribution in [3.8, 4) is 16.9 Å². The standard InChI is InChI=1S/C23H23N5O/c1-29-20-7-2-6-18(13-20)19-9-10-22-23(25-26-28(22)16-19)21-8-4-12-27(21)15-17-5-3-11-24-14-17/h2-3,5-7,9-11,13-14,16,21H,4,8,12,15H2,1H3. The van der Waals surface area contributed by atoms with Crippen LogP contribution >= 0.6 is 0 Å². The molecule has 3 aromatic heterocycles. The van der Waals surface area contributed by atoms with Crippen LogP contribution in [0.1, 0.15) is 30.1 Å². The fraction of sp³-hybridized carbons (Fsp3) is 0.261. The minimum absolute atomic E-state index is 0.287. The Morgan fingerprint density at radius 1 is 1.10 bits per heavy atom. The van der Waals surface area contributed by atoms with Gasteiger partial charge >= 0.3 is 0 Å². The SMILES string of the molecule is COc1cccc(-c2ccc3c(C4CCCN4Cc4cccnc4)nnn3c2)c1. The summed E-state index contributed by atoms with van der Waals surface area (Å²) in [5.41, 5.74) is 5.55. The molecule has 6 heteroatoms. The second-order valence-electron chi connectivity index (χ2n) is 7.44. The predicted octanol–water partition coefficient (Wildman–Crippen LogP) is 4.14. The maximum Gasteiger partial charge on any atom is 0.119 e. The first-order valence-electron chi connectivity index (χ1n) is 9.94. The molecule has 0 aliphatic carbocycles. The molecular formula is C23H23N5O. The molecule has 146 valence electrons. The Labute approximate surface area is 169 Å². The molecule has 6 nitrogen and oxygen atoms in total. The van der Waals surface area contributed by atoms with Crippen molar-refractivity contribution in [3.63, 3.8) is 0 Å². The number of methoxy groups -OCH3 is 1. The van der Waals surface area contributed by atoms with Crippen LogP contribution in [0.5, 0.6) is 5.75 Å². The molecule has 0 N–H and O–H groups in total. The summed E-state index contributed by atoms with van der Waals surface area (Å²) >= 11 is 0. The average molecular weight is 385 g/mol. The number of likely N-dealkylation sites (tertiary alicyclic amines) is 1. The topological polar surface area (TPSA) is 55.5 Å². The summed E-state index contributed by atoms with van der Waals surface area (Å²) in [7, 11) is 1.69. The first-order valence-corrected chi connectivity index (χ1v) is 9.94. The molecule has 0 bridgehead atoms. The highest BCUT2D eigenvalue weighted by molar-refractivity contribution is 5.67. The first kappa shape index (κ1) is 17.8. The Bertz CT molecular complexity index is 1120. The Kier molecular flexibility index (Phi) is 4.69. The maximum absolute atomic E-state index is 5.35. The van der Waals surface area contributed by atoms with E-state index < -0.39 is 0 Å². The number of nitrogens with zero attached hydrogens (tertiary/aromatic N) is 5. The van der Waals surface area contributed by atoms with E-state index in [1.165, 1.54) is 12.0 Å². The summed E-state index contributed by atoms with van der Waals surface area (Å²) in [6, 6.07) is 16.7. The summed E-state index contributed by atoms with van der Waals surface area (Å²) in [6.45, 7) is 1.96. The highest BCUT2D eigenvalue weighted by Crippen LogP contribution is 2.34. The summed E-state index contributed by atoms with van der Waals surface area (Å²) in [5, 5.41) is 9.00. The average Bonchev–Trinajstić information content (AvgIpc) is 3.40. The quantitative estimate of drug-likeness (QED) is 0.517. The normalized spacial score (nSPS) is 17.1. The summed E-state index contributed by atoms with van der Waals surface area (Å²) in [4.78, 5) is 6.73. The van der Waals surface area contributed by atoms with E-state index in [1.807, 2.05) is 47.4 Å². The van der Waals surface area contributed by atoms with E-state index in [1.54, 1.807) is 7.11 Å². The zero-order valence-electron chi connectivity index (χ0n) is 16.4. The number of hydrogen-bond acceptors (Lipinski definition) is 5. The fourth-order valence-corrected chi connectivity index (χ4v) is 4.18. The van der Waals surface area contributed by atoms with Gasteiger partial charge in [0, 0.05) is 30.7 Å². The van der Waals surface area contributed by atoms with Crippen LogP contribution in [0.15, 0.2) is 67.1 Å². The van der Waals surface area contributed by atoms with Crippen molar-refractivity contribution < 1.29 is 4.74 Å². The van der Waals surface area contributed by atoms with Crippen LogP contribution in [0.3, 0.4) is 0 Å². The molecule has 4 aromatic rings. The summed E-state index contributed by atoms with van der Waals surface area (Å²) in [6.07, 6.45) is 8.08. The van der Waals surface area contributed by atoms with Gasteiger partial charge in [0.1, 0.15) is 11.4 Å². The molecule has 0 saturated carbocycles. The van der Waals surface area contributed by atoms with Gasteiger partial charge in [0.2, 0.25) is 0 Å². The first-order chi connectivity index (χ1) is 14.3. The van der Waals surface area contributed by atoms with Gasteiger partial charge in [-0.25, -0.2) is 4.52 Å². The van der Waals surface area contributed by atoms with Crippen LogP contribution in [0.25, 0.3) is 16.6 Å². The highest BCUT2D eigenvalue weighted by Gasteiger charge is 2.29. The molecule has 1 aliphatic heterocycles. The van der Waals surface area contributed by atoms with Gasteiger partial charge in [-0.3, -0.25) is 9.88 Å². The Morgan fingerprint density at radius 3 is 2.93 bits per heavy atom. The van der Waals surface area contributed by atoms with Gasteiger partial charge in [-0.1, -0.05) is 29.5 Å². The van der Waals surface area contributed by atoms with Crippen LogP contribution in [-0.2, 0) is 6.54 Å². The van der Waals surface area contributed by atoms with E-state index in [4.69, 9.17) is 4.74 Å². The van der Waals surface area contributed by atoms with E-state index in [0.29, 0.717) is 0 Å². The molecule has 1 aromatic carbocycles. The smallest absolute Gasteiger partial charge is 0.119 e. The second-order valence-corrected chi connectivity index (χ2v) is 7.44. The summed E-state index contributed by atoms with van der Waals surface area (Å²) < 4.78 is 7.24. The van der Waals surface area contributed by atoms with Crippen molar-refractivity contribution in [2.45, 2.75) is 25.4 Å². The molecule has 1 aliphatic rings. The van der Waals surface area contributed by atoms with Crippen molar-refractivity contribution in [1.29, 1.82) is 0 Å². The molecule has 1 atom stereocenters. The molecule has 1 saturated heterocycles. The molecule has 1 fully saturated rings. The lowest BCUT2D eigenvalue weighted by Crippen LogP contribution is -2.23. The zero-order chi connectivity index (χ0) is 19.6. The second kappa shape index (κ2) is 7.64. The lowest BCUT2D eigenvalue weighted by atomic mass is 10.1. The highest BCUT2D eigenvalue weighted by atomic mass is 16.5. The van der Waals surface area contributed by atoms with Gasteiger partial charge in [-0.2, -0.15) is 0 Å². The van der Waals surface area contributed by atoms with E-state index >= 15 is 0 Å². The van der Waals surface area contributed by atoms with Crippen molar-refractivity contribution in [2.24, 2.45) is 0 Å². The van der Waals surface area contributed by atoms with Gasteiger partial charge in [-0.05, 0) is 54.8 Å². The third kappa shape index (κ3) is 3.47. The van der Waals surface area contributed by atoms with Gasteiger partial charge in [-0.15, -0.1) is 5.10 Å². The number of hydrogen-bond donors (Lipinski definition) is 0. The minimum atomic E-state index is 0.287. The fourth-order valence-electron chi connectivity index (χ4n) is 4.18. The minimum Gasteiger partial charge on any atom is -0.497 e. The molecular weight excluding hydrogens is 362 g/mol. The molecule has 5 rings (SSSR count). The third-order valence-corrected chi connectivity index (χ3v) is 5.63. The number of ether oxygens (including phenoxy) is 1. The summed E-state index contributed by atoms with van der Waals surface area (Å²) in [5.74, 6) is 0.846. The predicted molar refractivity (Wildman–Crippen MR) is 112 cm³/mol. The van der Waals surface area contributed by atoms with E-state index in [-0.39, 0.29) is 6.04 Å². The number of aromatic nitrogens is 4. The van der Waals surface area contributed by atoms with Crippen molar-refractivity contribution in [1.82, 2.24) is 24.7 Å². The third-order valence-electron chi connectivity index (χ3n) is 5.63. The Balaban J connectivity index is 1.45. The lowest BCUT2D eigenvalue weighted by molar-refractivity contribution is 0.245. The molecule has 1 unspecified atom stereocenters. The molecule has 4 heterocycles. The van der Waals surface area contributed by atoms with Crippen LogP contribution in [-0.4, -0.2) is 38.4 Å². The number of fused-ring (bicyclic) bond motifs is 1. The molecule has 0 amide bonds.